The van der Waals surface area contributed by atoms with Gasteiger partial charge in [-0.15, -0.1) is 0 Å². The maximum absolute atomic E-state index is 14.0. The third kappa shape index (κ3) is 7.88. The van der Waals surface area contributed by atoms with Gasteiger partial charge in [-0.25, -0.2) is 4.39 Å². The fraction of sp³-hybridized carbons (Fsp3) is 0.355. The van der Waals surface area contributed by atoms with E-state index in [1.54, 1.807) is 18.2 Å². The third-order valence-electron chi connectivity index (χ3n) is 6.21. The fourth-order valence-electron chi connectivity index (χ4n) is 4.43. The molecule has 0 bridgehead atoms. The van der Waals surface area contributed by atoms with Gasteiger partial charge < -0.3 is 14.8 Å². The summed E-state index contributed by atoms with van der Waals surface area (Å²) in [6, 6.07) is 14.9. The molecule has 1 N–H and O–H groups in total. The van der Waals surface area contributed by atoms with Crippen LogP contribution < -0.4 is 10.1 Å². The van der Waals surface area contributed by atoms with E-state index >= 15 is 0 Å². The molecule has 0 unspecified atom stereocenters. The quantitative estimate of drug-likeness (QED) is 0.281. The predicted molar refractivity (Wildman–Crippen MR) is 143 cm³/mol. The number of esters is 1. The minimum atomic E-state index is -1.06. The van der Waals surface area contributed by atoms with Crippen molar-refractivity contribution in [2.24, 2.45) is 5.92 Å². The topological polar surface area (TPSA) is 64.6 Å². The van der Waals surface area contributed by atoms with Crippen molar-refractivity contribution in [3.05, 3.63) is 99.6 Å². The second-order valence-electron chi connectivity index (χ2n) is 9.98. The molecule has 0 aliphatic heterocycles. The lowest BCUT2D eigenvalue weighted by Crippen LogP contribution is -2.30. The average Bonchev–Trinajstić information content (AvgIpc) is 2.87. The van der Waals surface area contributed by atoms with E-state index in [0.29, 0.717) is 29.0 Å². The van der Waals surface area contributed by atoms with Crippen LogP contribution in [0.5, 0.6) is 5.75 Å². The van der Waals surface area contributed by atoms with Crippen LogP contribution in [0.4, 0.5) is 8.78 Å². The molecule has 0 aromatic heterocycles. The van der Waals surface area contributed by atoms with E-state index < -0.39 is 11.6 Å². The number of benzene rings is 3. The standard InChI is InChI=1S/C31H35F2NO4/c1-19(2)13-27(24-15-20(3)14-21(4)16-24)34-31(36)25-17-22(9-10-23(25)11-12-29(35)37-5)18-38-28-8-6-7-26(32)30(28)33/h6-10,14-17,19,27H,11-13,18H2,1-5H3,(H,34,36)/t27-/m1/s1. The molecule has 5 nitrogen and oxygen atoms in total. The van der Waals surface area contributed by atoms with E-state index in [9.17, 15) is 18.4 Å². The highest BCUT2D eigenvalue weighted by Gasteiger charge is 2.21. The van der Waals surface area contributed by atoms with Crippen LogP contribution in [-0.2, 0) is 22.6 Å². The van der Waals surface area contributed by atoms with Crippen LogP contribution in [0.15, 0.2) is 54.6 Å². The van der Waals surface area contributed by atoms with Crippen molar-refractivity contribution in [3.8, 4) is 5.75 Å². The van der Waals surface area contributed by atoms with E-state index in [1.807, 2.05) is 13.8 Å². The van der Waals surface area contributed by atoms with Gasteiger partial charge in [0.1, 0.15) is 6.61 Å². The minimum Gasteiger partial charge on any atom is -0.486 e. The second-order valence-corrected chi connectivity index (χ2v) is 9.98. The van der Waals surface area contributed by atoms with Crippen molar-refractivity contribution < 1.29 is 27.8 Å². The second kappa shape index (κ2) is 13.2. The molecule has 3 aromatic rings. The van der Waals surface area contributed by atoms with Gasteiger partial charge in [0, 0.05) is 12.0 Å². The summed E-state index contributed by atoms with van der Waals surface area (Å²) in [5.74, 6) is -2.60. The number of hydrogen-bond acceptors (Lipinski definition) is 4. The van der Waals surface area contributed by atoms with Gasteiger partial charge >= 0.3 is 5.97 Å². The summed E-state index contributed by atoms with van der Waals surface area (Å²) >= 11 is 0. The number of amides is 1. The number of carbonyl (C=O) groups excluding carboxylic acids is 2. The lowest BCUT2D eigenvalue weighted by molar-refractivity contribution is -0.140. The Kier molecular flexibility index (Phi) is 9.99. The van der Waals surface area contributed by atoms with Crippen molar-refractivity contribution >= 4 is 11.9 Å². The number of aryl methyl sites for hydroxylation is 3. The highest BCUT2D eigenvalue weighted by atomic mass is 19.2. The zero-order chi connectivity index (χ0) is 27.8. The van der Waals surface area contributed by atoms with Crippen LogP contribution in [0.3, 0.4) is 0 Å². The van der Waals surface area contributed by atoms with E-state index in [-0.39, 0.29) is 36.7 Å². The first-order valence-corrected chi connectivity index (χ1v) is 12.7. The van der Waals surface area contributed by atoms with Crippen LogP contribution in [-0.4, -0.2) is 19.0 Å². The van der Waals surface area contributed by atoms with Crippen molar-refractivity contribution in [2.75, 3.05) is 7.11 Å². The van der Waals surface area contributed by atoms with Crippen LogP contribution >= 0.6 is 0 Å². The van der Waals surface area contributed by atoms with E-state index in [0.717, 1.165) is 29.2 Å². The molecule has 38 heavy (non-hydrogen) atoms. The molecule has 3 aromatic carbocycles. The summed E-state index contributed by atoms with van der Waals surface area (Å²) in [6.07, 6.45) is 1.18. The summed E-state index contributed by atoms with van der Waals surface area (Å²) in [5.41, 5.74) is 4.94. The van der Waals surface area contributed by atoms with Gasteiger partial charge in [-0.05, 0) is 67.5 Å². The molecule has 1 atom stereocenters. The molecular weight excluding hydrogens is 488 g/mol. The van der Waals surface area contributed by atoms with E-state index in [1.165, 1.54) is 19.2 Å². The first-order valence-electron chi connectivity index (χ1n) is 12.7. The smallest absolute Gasteiger partial charge is 0.305 e. The Balaban J connectivity index is 1.90. The Bertz CT molecular complexity index is 1270. The Morgan fingerprint density at radius 1 is 0.974 bits per heavy atom. The van der Waals surface area contributed by atoms with Crippen LogP contribution in [0, 0.1) is 31.4 Å². The predicted octanol–water partition coefficient (Wildman–Crippen LogP) is 6.78. The Hall–Kier alpha value is -3.74. The third-order valence-corrected chi connectivity index (χ3v) is 6.21. The van der Waals surface area contributed by atoms with Gasteiger partial charge in [-0.3, -0.25) is 9.59 Å². The average molecular weight is 524 g/mol. The molecule has 0 aliphatic carbocycles. The van der Waals surface area contributed by atoms with Gasteiger partial charge in [-0.2, -0.15) is 4.39 Å². The summed E-state index contributed by atoms with van der Waals surface area (Å²) in [4.78, 5) is 25.5. The first kappa shape index (κ1) is 28.8. The number of hydrogen-bond donors (Lipinski definition) is 1. The number of carbonyl (C=O) groups is 2. The summed E-state index contributed by atoms with van der Waals surface area (Å²) in [6.45, 7) is 8.20. The molecule has 0 radical (unpaired) electrons. The zero-order valence-corrected chi connectivity index (χ0v) is 22.6. The van der Waals surface area contributed by atoms with Gasteiger partial charge in [0.15, 0.2) is 11.6 Å². The number of nitrogens with one attached hydrogen (secondary N) is 1. The lowest BCUT2D eigenvalue weighted by atomic mass is 9.93. The monoisotopic (exact) mass is 523 g/mol. The molecule has 0 spiro atoms. The number of ether oxygens (including phenoxy) is 2. The zero-order valence-electron chi connectivity index (χ0n) is 22.6. The summed E-state index contributed by atoms with van der Waals surface area (Å²) in [5, 5.41) is 3.19. The van der Waals surface area contributed by atoms with Gasteiger partial charge in [-0.1, -0.05) is 61.4 Å². The van der Waals surface area contributed by atoms with E-state index in [4.69, 9.17) is 9.47 Å². The Morgan fingerprint density at radius 3 is 2.34 bits per heavy atom. The normalized spacial score (nSPS) is 11.8. The lowest BCUT2D eigenvalue weighted by Gasteiger charge is -2.23. The molecule has 1 amide bonds. The van der Waals surface area contributed by atoms with Crippen molar-refractivity contribution in [3.63, 3.8) is 0 Å². The fourth-order valence-corrected chi connectivity index (χ4v) is 4.43. The number of rotatable bonds is 11. The molecule has 0 fully saturated rings. The van der Waals surface area contributed by atoms with Gasteiger partial charge in [0.25, 0.3) is 5.91 Å². The van der Waals surface area contributed by atoms with Gasteiger partial charge in [0.2, 0.25) is 5.82 Å². The Labute approximate surface area is 223 Å². The number of methoxy groups -OCH3 is 1. The molecule has 0 saturated heterocycles. The highest BCUT2D eigenvalue weighted by Crippen LogP contribution is 2.26. The van der Waals surface area contributed by atoms with E-state index in [2.05, 4.69) is 37.4 Å². The molecule has 3 rings (SSSR count). The van der Waals surface area contributed by atoms with Crippen molar-refractivity contribution in [1.82, 2.24) is 5.32 Å². The molecular formula is C31H35F2NO4. The molecule has 0 saturated carbocycles. The highest BCUT2D eigenvalue weighted by molar-refractivity contribution is 5.96. The summed E-state index contributed by atoms with van der Waals surface area (Å²) < 4.78 is 37.9. The molecule has 7 heteroatoms. The molecule has 202 valence electrons. The minimum absolute atomic E-state index is 0.0650. The Morgan fingerprint density at radius 2 is 1.68 bits per heavy atom. The number of halogens is 2. The maximum atomic E-state index is 14.0. The maximum Gasteiger partial charge on any atom is 0.305 e. The van der Waals surface area contributed by atoms with Gasteiger partial charge in [0.05, 0.1) is 13.2 Å². The summed E-state index contributed by atoms with van der Waals surface area (Å²) in [7, 11) is 1.32. The first-order chi connectivity index (χ1) is 18.1. The van der Waals surface area contributed by atoms with Crippen LogP contribution in [0.1, 0.15) is 70.9 Å². The largest absolute Gasteiger partial charge is 0.486 e. The molecule has 0 aliphatic rings. The van der Waals surface area contributed by atoms with Crippen molar-refractivity contribution in [1.29, 1.82) is 0 Å². The molecule has 0 heterocycles. The van der Waals surface area contributed by atoms with Crippen molar-refractivity contribution in [2.45, 2.75) is 59.6 Å². The van der Waals surface area contributed by atoms with Crippen LogP contribution in [0.2, 0.25) is 0 Å². The SMILES string of the molecule is COC(=O)CCc1ccc(COc2cccc(F)c2F)cc1C(=O)N[C@H](CC(C)C)c1cc(C)cc(C)c1. The van der Waals surface area contributed by atoms with Crippen LogP contribution in [0.25, 0.3) is 0 Å².